The van der Waals surface area contributed by atoms with Crippen LogP contribution in [-0.4, -0.2) is 28.4 Å². The smallest absolute Gasteiger partial charge is 0.223 e. The van der Waals surface area contributed by atoms with Gasteiger partial charge in [-0.3, -0.25) is 5.10 Å². The Labute approximate surface area is 181 Å². The molecule has 0 aliphatic heterocycles. The van der Waals surface area contributed by atoms with Crippen LogP contribution in [0.2, 0.25) is 0 Å². The quantitative estimate of drug-likeness (QED) is 0.400. The van der Waals surface area contributed by atoms with Gasteiger partial charge in [0, 0.05) is 17.1 Å². The molecule has 0 amide bonds. The topological polar surface area (TPSA) is 81.3 Å². The minimum Gasteiger partial charge on any atom is -0.493 e. The first-order chi connectivity index (χ1) is 15.0. The van der Waals surface area contributed by atoms with Gasteiger partial charge in [-0.2, -0.15) is 10.1 Å². The normalized spacial score (nSPS) is 11.0. The number of methoxy groups -OCH3 is 1. The second kappa shape index (κ2) is 8.95. The number of aryl methyl sites for hydroxylation is 1. The zero-order valence-electron chi connectivity index (χ0n) is 18.1. The third kappa shape index (κ3) is 4.88. The van der Waals surface area contributed by atoms with Gasteiger partial charge >= 0.3 is 0 Å². The maximum absolute atomic E-state index is 6.08. The Balaban J connectivity index is 1.73. The zero-order chi connectivity index (χ0) is 21.8. The molecule has 160 valence electrons. The molecule has 0 radical (unpaired) electrons. The van der Waals surface area contributed by atoms with Gasteiger partial charge < -0.3 is 19.5 Å². The van der Waals surface area contributed by atoms with E-state index in [1.165, 1.54) is 0 Å². The first kappa shape index (κ1) is 20.5. The molecule has 0 spiro atoms. The summed E-state index contributed by atoms with van der Waals surface area (Å²) in [6, 6.07) is 17.7. The van der Waals surface area contributed by atoms with E-state index < -0.39 is 0 Å². The predicted octanol–water partition coefficient (Wildman–Crippen LogP) is 5.38. The molecule has 0 aliphatic rings. The van der Waals surface area contributed by atoms with Crippen LogP contribution in [0.5, 0.6) is 17.4 Å². The van der Waals surface area contributed by atoms with Gasteiger partial charge in [0.15, 0.2) is 17.3 Å². The number of hydrogen-bond acceptors (Lipinski definition) is 6. The summed E-state index contributed by atoms with van der Waals surface area (Å²) in [5, 5.41) is 12.1. The molecule has 0 bridgehead atoms. The van der Waals surface area contributed by atoms with Crippen molar-refractivity contribution in [2.75, 3.05) is 12.4 Å². The number of rotatable bonds is 8. The van der Waals surface area contributed by atoms with Crippen LogP contribution in [0.3, 0.4) is 0 Å². The molecule has 4 aromatic rings. The number of nitrogens with zero attached hydrogens (tertiary/aromatic N) is 2. The number of aromatic amines is 1. The van der Waals surface area contributed by atoms with E-state index in [1.54, 1.807) is 7.11 Å². The molecule has 4 rings (SSSR count). The van der Waals surface area contributed by atoms with Gasteiger partial charge in [-0.15, -0.1) is 0 Å². The number of pyridine rings is 1. The van der Waals surface area contributed by atoms with Gasteiger partial charge in [0.1, 0.15) is 12.4 Å². The minimum absolute atomic E-state index is 0.0291. The molecule has 7 nitrogen and oxygen atoms in total. The summed E-state index contributed by atoms with van der Waals surface area (Å²) in [7, 11) is 1.63. The maximum Gasteiger partial charge on any atom is 0.223 e. The highest BCUT2D eigenvalue weighted by atomic mass is 16.5. The average Bonchev–Trinajstić information content (AvgIpc) is 3.16. The van der Waals surface area contributed by atoms with Gasteiger partial charge in [-0.25, -0.2) is 0 Å². The largest absolute Gasteiger partial charge is 0.493 e. The highest BCUT2D eigenvalue weighted by molar-refractivity contribution is 5.92. The van der Waals surface area contributed by atoms with E-state index in [0.29, 0.717) is 35.6 Å². The van der Waals surface area contributed by atoms with E-state index in [4.69, 9.17) is 14.2 Å². The number of nitrogens with one attached hydrogen (secondary N) is 2. The molecule has 7 heteroatoms. The predicted molar refractivity (Wildman–Crippen MR) is 121 cm³/mol. The van der Waals surface area contributed by atoms with Crippen molar-refractivity contribution >= 4 is 22.4 Å². The van der Waals surface area contributed by atoms with Crippen LogP contribution in [0.4, 0.5) is 11.6 Å². The SMILES string of the molecule is COc1cc2c(OC(C)C)nc(Nc3cc(C)[nH]n3)cc2cc1OCc1ccccc1. The number of aromatic nitrogens is 3. The van der Waals surface area contributed by atoms with Gasteiger partial charge in [-0.05, 0) is 49.9 Å². The monoisotopic (exact) mass is 418 g/mol. The van der Waals surface area contributed by atoms with Crippen molar-refractivity contribution in [2.24, 2.45) is 0 Å². The van der Waals surface area contributed by atoms with Crippen molar-refractivity contribution in [1.82, 2.24) is 15.2 Å². The van der Waals surface area contributed by atoms with Crippen LogP contribution in [0, 0.1) is 6.92 Å². The lowest BCUT2D eigenvalue weighted by atomic mass is 10.1. The number of fused-ring (bicyclic) bond motifs is 1. The Morgan fingerprint density at radius 3 is 2.48 bits per heavy atom. The van der Waals surface area contributed by atoms with Crippen molar-refractivity contribution in [3.8, 4) is 17.4 Å². The fourth-order valence-electron chi connectivity index (χ4n) is 3.23. The van der Waals surface area contributed by atoms with Crippen LogP contribution in [0.25, 0.3) is 10.8 Å². The first-order valence-corrected chi connectivity index (χ1v) is 10.2. The minimum atomic E-state index is -0.0291. The van der Waals surface area contributed by atoms with Crippen LogP contribution >= 0.6 is 0 Å². The van der Waals surface area contributed by atoms with E-state index in [-0.39, 0.29) is 6.10 Å². The summed E-state index contributed by atoms with van der Waals surface area (Å²) in [5.41, 5.74) is 2.04. The third-order valence-corrected chi connectivity index (χ3v) is 4.63. The Bertz CT molecular complexity index is 1170. The van der Waals surface area contributed by atoms with Crippen LogP contribution in [0.15, 0.2) is 54.6 Å². The van der Waals surface area contributed by atoms with E-state index >= 15 is 0 Å². The molecule has 31 heavy (non-hydrogen) atoms. The number of anilines is 2. The zero-order valence-corrected chi connectivity index (χ0v) is 18.1. The van der Waals surface area contributed by atoms with Gasteiger partial charge in [0.05, 0.1) is 13.2 Å². The standard InChI is InChI=1S/C24H26N4O3/c1-15(2)31-24-19-13-20(29-4)21(30-14-17-8-6-5-7-9-17)11-18(19)12-22(26-24)25-23-10-16(3)27-28-23/h5-13,15H,14H2,1-4H3,(H2,25,26,27,28). The molecule has 0 saturated carbocycles. The van der Waals surface area contributed by atoms with Crippen molar-refractivity contribution in [3.63, 3.8) is 0 Å². The number of hydrogen-bond donors (Lipinski definition) is 2. The summed E-state index contributed by atoms with van der Waals surface area (Å²) in [5.74, 6) is 3.13. The molecule has 0 atom stereocenters. The summed E-state index contributed by atoms with van der Waals surface area (Å²) >= 11 is 0. The molecule has 0 saturated heterocycles. The number of benzene rings is 2. The molecule has 0 fully saturated rings. The summed E-state index contributed by atoms with van der Waals surface area (Å²) in [6.45, 7) is 6.33. The van der Waals surface area contributed by atoms with Crippen LogP contribution in [0.1, 0.15) is 25.1 Å². The second-order valence-corrected chi connectivity index (χ2v) is 7.54. The highest BCUT2D eigenvalue weighted by Crippen LogP contribution is 2.38. The lowest BCUT2D eigenvalue weighted by molar-refractivity contribution is 0.236. The van der Waals surface area contributed by atoms with Crippen molar-refractivity contribution in [1.29, 1.82) is 0 Å². The summed E-state index contributed by atoms with van der Waals surface area (Å²) < 4.78 is 17.7. The second-order valence-electron chi connectivity index (χ2n) is 7.54. The van der Waals surface area contributed by atoms with Crippen LogP contribution < -0.4 is 19.5 Å². The van der Waals surface area contributed by atoms with Gasteiger partial charge in [-0.1, -0.05) is 30.3 Å². The fourth-order valence-corrected chi connectivity index (χ4v) is 3.23. The lowest BCUT2D eigenvalue weighted by Crippen LogP contribution is -2.08. The van der Waals surface area contributed by atoms with Crippen molar-refractivity contribution in [3.05, 3.63) is 65.9 Å². The summed E-state index contributed by atoms with van der Waals surface area (Å²) in [4.78, 5) is 4.66. The Morgan fingerprint density at radius 1 is 1.00 bits per heavy atom. The van der Waals surface area contributed by atoms with E-state index in [1.807, 2.05) is 75.4 Å². The first-order valence-electron chi connectivity index (χ1n) is 10.2. The number of H-pyrrole nitrogens is 1. The third-order valence-electron chi connectivity index (χ3n) is 4.63. The van der Waals surface area contributed by atoms with Gasteiger partial charge in [0.25, 0.3) is 0 Å². The molecule has 2 heterocycles. The molecule has 2 N–H and O–H groups in total. The van der Waals surface area contributed by atoms with E-state index in [0.717, 1.165) is 22.0 Å². The Kier molecular flexibility index (Phi) is 5.93. The van der Waals surface area contributed by atoms with E-state index in [2.05, 4.69) is 20.5 Å². The molecule has 0 unspecified atom stereocenters. The fraction of sp³-hybridized carbons (Fsp3) is 0.250. The Hall–Kier alpha value is -3.74. The molecule has 2 aromatic heterocycles. The van der Waals surface area contributed by atoms with Crippen molar-refractivity contribution < 1.29 is 14.2 Å². The van der Waals surface area contributed by atoms with Crippen LogP contribution in [-0.2, 0) is 6.61 Å². The molecular formula is C24H26N4O3. The summed E-state index contributed by atoms with van der Waals surface area (Å²) in [6.07, 6.45) is -0.0291. The molecule has 2 aromatic carbocycles. The average molecular weight is 418 g/mol. The van der Waals surface area contributed by atoms with E-state index in [9.17, 15) is 0 Å². The Morgan fingerprint density at radius 2 is 1.81 bits per heavy atom. The number of ether oxygens (including phenoxy) is 3. The van der Waals surface area contributed by atoms with Gasteiger partial charge in [0.2, 0.25) is 5.88 Å². The molecular weight excluding hydrogens is 392 g/mol. The molecule has 0 aliphatic carbocycles. The highest BCUT2D eigenvalue weighted by Gasteiger charge is 2.15. The maximum atomic E-state index is 6.08. The lowest BCUT2D eigenvalue weighted by Gasteiger charge is -2.16. The van der Waals surface area contributed by atoms with Crippen molar-refractivity contribution in [2.45, 2.75) is 33.5 Å².